The van der Waals surface area contributed by atoms with Crippen LogP contribution in [0.25, 0.3) is 0 Å². The second-order valence-electron chi connectivity index (χ2n) is 5.48. The van der Waals surface area contributed by atoms with Crippen molar-refractivity contribution in [3.8, 4) is 5.75 Å². The Morgan fingerprint density at radius 1 is 1.10 bits per heavy atom. The van der Waals surface area contributed by atoms with Crippen LogP contribution in [0, 0.1) is 0 Å². The lowest BCUT2D eigenvalue weighted by Gasteiger charge is -2.17. The Balaban J connectivity index is 2.41. The first kappa shape index (κ1) is 15.3. The Morgan fingerprint density at radius 2 is 1.71 bits per heavy atom. The third-order valence-electron chi connectivity index (χ3n) is 3.77. The fourth-order valence-corrected chi connectivity index (χ4v) is 2.48. The molecule has 0 bridgehead atoms. The fourth-order valence-electron chi connectivity index (χ4n) is 2.48. The summed E-state index contributed by atoms with van der Waals surface area (Å²) in [5.41, 5.74) is 8.71. The molecule has 0 amide bonds. The monoisotopic (exact) mass is 286 g/mol. The van der Waals surface area contributed by atoms with Crippen molar-refractivity contribution in [3.63, 3.8) is 0 Å². The Kier molecular flexibility index (Phi) is 4.48. The number of ether oxygens (including phenoxy) is 1. The van der Waals surface area contributed by atoms with Crippen LogP contribution in [-0.4, -0.2) is 11.7 Å². The van der Waals surface area contributed by atoms with Crippen molar-refractivity contribution in [1.82, 2.24) is 4.57 Å². The van der Waals surface area contributed by atoms with Crippen molar-refractivity contribution >= 4 is 0 Å². The molecule has 0 aliphatic heterocycles. The van der Waals surface area contributed by atoms with Crippen LogP contribution in [0.5, 0.6) is 5.75 Å². The second kappa shape index (κ2) is 6.14. The number of methoxy groups -OCH3 is 1. The molecule has 2 aromatic rings. The summed E-state index contributed by atoms with van der Waals surface area (Å²) in [6, 6.07) is 10.9. The van der Waals surface area contributed by atoms with Crippen LogP contribution < -0.4 is 16.0 Å². The predicted octanol–water partition coefficient (Wildman–Crippen LogP) is 2.57. The van der Waals surface area contributed by atoms with Crippen molar-refractivity contribution in [2.45, 2.75) is 25.8 Å². The van der Waals surface area contributed by atoms with E-state index in [1.807, 2.05) is 36.4 Å². The zero-order chi connectivity index (χ0) is 15.6. The van der Waals surface area contributed by atoms with Crippen LogP contribution in [0.3, 0.4) is 0 Å². The van der Waals surface area contributed by atoms with Crippen LogP contribution in [0.2, 0.25) is 0 Å². The number of hydrogen-bond acceptors (Lipinski definition) is 3. The first-order valence-electron chi connectivity index (χ1n) is 7.05. The molecule has 21 heavy (non-hydrogen) atoms. The largest absolute Gasteiger partial charge is 0.497 e. The molecule has 0 aliphatic carbocycles. The van der Waals surface area contributed by atoms with E-state index >= 15 is 0 Å². The van der Waals surface area contributed by atoms with Crippen LogP contribution >= 0.6 is 0 Å². The summed E-state index contributed by atoms with van der Waals surface area (Å²) < 4.78 is 6.82. The Labute approximate surface area is 125 Å². The molecule has 0 fully saturated rings. The van der Waals surface area contributed by atoms with E-state index in [0.717, 1.165) is 17.0 Å². The SMILES string of the molecule is COc1ccc(C(N)c2ccc(C(C)C)n(C)c2=O)cc1. The van der Waals surface area contributed by atoms with E-state index in [2.05, 4.69) is 13.8 Å². The van der Waals surface area contributed by atoms with Crippen molar-refractivity contribution in [1.29, 1.82) is 0 Å². The minimum Gasteiger partial charge on any atom is -0.497 e. The molecular weight excluding hydrogens is 264 g/mol. The average molecular weight is 286 g/mol. The highest BCUT2D eigenvalue weighted by Gasteiger charge is 2.16. The maximum atomic E-state index is 12.5. The van der Waals surface area contributed by atoms with Crippen molar-refractivity contribution < 1.29 is 4.74 Å². The van der Waals surface area contributed by atoms with Gasteiger partial charge in [0.05, 0.1) is 13.2 Å². The van der Waals surface area contributed by atoms with Gasteiger partial charge in [-0.3, -0.25) is 4.79 Å². The molecule has 0 saturated heterocycles. The molecule has 4 nitrogen and oxygen atoms in total. The zero-order valence-electron chi connectivity index (χ0n) is 13.0. The van der Waals surface area contributed by atoms with Crippen LogP contribution in [0.1, 0.15) is 42.6 Å². The summed E-state index contributed by atoms with van der Waals surface area (Å²) in [4.78, 5) is 12.5. The van der Waals surface area contributed by atoms with Crippen LogP contribution in [0.15, 0.2) is 41.2 Å². The van der Waals surface area contributed by atoms with Crippen LogP contribution in [-0.2, 0) is 7.05 Å². The van der Waals surface area contributed by atoms with Gasteiger partial charge in [0, 0.05) is 18.3 Å². The number of nitrogens with two attached hydrogens (primary N) is 1. The third-order valence-corrected chi connectivity index (χ3v) is 3.77. The molecular formula is C17H22N2O2. The van der Waals surface area contributed by atoms with E-state index in [9.17, 15) is 4.79 Å². The predicted molar refractivity (Wildman–Crippen MR) is 84.8 cm³/mol. The van der Waals surface area contributed by atoms with Gasteiger partial charge in [0.2, 0.25) is 0 Å². The number of hydrogen-bond donors (Lipinski definition) is 1. The lowest BCUT2D eigenvalue weighted by molar-refractivity contribution is 0.414. The van der Waals surface area contributed by atoms with Gasteiger partial charge in [-0.25, -0.2) is 0 Å². The first-order valence-corrected chi connectivity index (χ1v) is 7.05. The van der Waals surface area contributed by atoms with Gasteiger partial charge >= 0.3 is 0 Å². The van der Waals surface area contributed by atoms with E-state index in [-0.39, 0.29) is 5.56 Å². The van der Waals surface area contributed by atoms with E-state index in [4.69, 9.17) is 10.5 Å². The smallest absolute Gasteiger partial charge is 0.255 e. The standard InChI is InChI=1S/C17H22N2O2/c1-11(2)15-10-9-14(17(20)19(15)3)16(18)12-5-7-13(21-4)8-6-12/h5-11,16H,18H2,1-4H3. The Hall–Kier alpha value is -2.07. The van der Waals surface area contributed by atoms with Crippen LogP contribution in [0.4, 0.5) is 0 Å². The van der Waals surface area contributed by atoms with Crippen molar-refractivity contribution in [3.05, 3.63) is 63.6 Å². The van der Waals surface area contributed by atoms with E-state index in [1.54, 1.807) is 18.7 Å². The van der Waals surface area contributed by atoms with Gasteiger partial charge in [0.25, 0.3) is 5.56 Å². The molecule has 1 heterocycles. The first-order chi connectivity index (χ1) is 9.95. The molecule has 112 valence electrons. The maximum absolute atomic E-state index is 12.5. The topological polar surface area (TPSA) is 57.2 Å². The van der Waals surface area contributed by atoms with Crippen molar-refractivity contribution in [2.75, 3.05) is 7.11 Å². The molecule has 0 aliphatic rings. The van der Waals surface area contributed by atoms with Crippen molar-refractivity contribution in [2.24, 2.45) is 12.8 Å². The van der Waals surface area contributed by atoms with Gasteiger partial charge in [-0.05, 0) is 35.7 Å². The molecule has 1 atom stereocenters. The summed E-state index contributed by atoms with van der Waals surface area (Å²) in [6.07, 6.45) is 0. The van der Waals surface area contributed by atoms with Gasteiger partial charge in [-0.1, -0.05) is 26.0 Å². The third kappa shape index (κ3) is 3.00. The van der Waals surface area contributed by atoms with Gasteiger partial charge in [-0.15, -0.1) is 0 Å². The Morgan fingerprint density at radius 3 is 2.24 bits per heavy atom. The van der Waals surface area contributed by atoms with Gasteiger partial charge < -0.3 is 15.0 Å². The highest BCUT2D eigenvalue weighted by atomic mass is 16.5. The molecule has 2 N–H and O–H groups in total. The highest BCUT2D eigenvalue weighted by Crippen LogP contribution is 2.21. The summed E-state index contributed by atoms with van der Waals surface area (Å²) in [7, 11) is 3.41. The number of pyridine rings is 1. The number of rotatable bonds is 4. The lowest BCUT2D eigenvalue weighted by Crippen LogP contribution is -2.29. The highest BCUT2D eigenvalue weighted by molar-refractivity contribution is 5.35. The van der Waals surface area contributed by atoms with E-state index in [1.165, 1.54) is 0 Å². The number of aromatic nitrogens is 1. The molecule has 0 spiro atoms. The average Bonchev–Trinajstić information content (AvgIpc) is 2.49. The molecule has 1 aromatic heterocycles. The summed E-state index contributed by atoms with van der Waals surface area (Å²) in [5, 5.41) is 0. The quantitative estimate of drug-likeness (QED) is 0.939. The molecule has 0 saturated carbocycles. The maximum Gasteiger partial charge on any atom is 0.255 e. The summed E-state index contributed by atoms with van der Waals surface area (Å²) in [6.45, 7) is 4.13. The number of nitrogens with zero attached hydrogens (tertiary/aromatic N) is 1. The summed E-state index contributed by atoms with van der Waals surface area (Å²) >= 11 is 0. The fraction of sp³-hybridized carbons (Fsp3) is 0.353. The molecule has 1 unspecified atom stereocenters. The molecule has 0 radical (unpaired) electrons. The zero-order valence-corrected chi connectivity index (χ0v) is 13.0. The second-order valence-corrected chi connectivity index (χ2v) is 5.48. The lowest BCUT2D eigenvalue weighted by atomic mass is 9.99. The van der Waals surface area contributed by atoms with E-state index in [0.29, 0.717) is 11.5 Å². The number of benzene rings is 1. The summed E-state index contributed by atoms with van der Waals surface area (Å²) in [5.74, 6) is 1.07. The van der Waals surface area contributed by atoms with Gasteiger partial charge in [0.15, 0.2) is 0 Å². The minimum atomic E-state index is -0.434. The van der Waals surface area contributed by atoms with Gasteiger partial charge in [0.1, 0.15) is 5.75 Å². The van der Waals surface area contributed by atoms with Gasteiger partial charge in [-0.2, -0.15) is 0 Å². The molecule has 4 heteroatoms. The Bertz CT molecular complexity index is 672. The van der Waals surface area contributed by atoms with E-state index < -0.39 is 6.04 Å². The minimum absolute atomic E-state index is 0.0375. The normalized spacial score (nSPS) is 12.5. The molecule has 1 aromatic carbocycles. The molecule has 2 rings (SSSR count).